The Morgan fingerprint density at radius 2 is 2.12 bits per heavy atom. The van der Waals surface area contributed by atoms with E-state index < -0.39 is 0 Å². The lowest BCUT2D eigenvalue weighted by atomic mass is 9.99. The van der Waals surface area contributed by atoms with E-state index in [4.69, 9.17) is 0 Å². The van der Waals surface area contributed by atoms with Gasteiger partial charge >= 0.3 is 0 Å². The summed E-state index contributed by atoms with van der Waals surface area (Å²) in [6.07, 6.45) is 3.47. The Labute approximate surface area is 104 Å². The standard InChI is InChI=1S/C13H25N3O/c1-10-6-7-14-12(10)13(17)16-8-4-5-11(9-16)15(2)3/h10-12,14H,4-9H2,1-3H3. The van der Waals surface area contributed by atoms with Crippen LogP contribution in [0.15, 0.2) is 0 Å². The van der Waals surface area contributed by atoms with E-state index in [1.165, 1.54) is 6.42 Å². The molecule has 98 valence electrons. The van der Waals surface area contributed by atoms with Gasteiger partial charge < -0.3 is 15.1 Å². The minimum atomic E-state index is 0.0657. The lowest BCUT2D eigenvalue weighted by Gasteiger charge is -2.37. The van der Waals surface area contributed by atoms with Crippen LogP contribution in [-0.4, -0.2) is 61.5 Å². The van der Waals surface area contributed by atoms with Crippen LogP contribution in [0.3, 0.4) is 0 Å². The monoisotopic (exact) mass is 239 g/mol. The van der Waals surface area contributed by atoms with Gasteiger partial charge in [-0.15, -0.1) is 0 Å². The molecular formula is C13H25N3O. The zero-order chi connectivity index (χ0) is 12.4. The quantitative estimate of drug-likeness (QED) is 0.764. The number of carbonyl (C=O) groups is 1. The number of amides is 1. The van der Waals surface area contributed by atoms with Crippen molar-refractivity contribution in [3.05, 3.63) is 0 Å². The van der Waals surface area contributed by atoms with Crippen LogP contribution >= 0.6 is 0 Å². The molecule has 2 fully saturated rings. The maximum atomic E-state index is 12.4. The van der Waals surface area contributed by atoms with Crippen molar-refractivity contribution in [1.29, 1.82) is 0 Å². The Hall–Kier alpha value is -0.610. The number of hydrogen-bond acceptors (Lipinski definition) is 3. The van der Waals surface area contributed by atoms with E-state index >= 15 is 0 Å². The van der Waals surface area contributed by atoms with Crippen molar-refractivity contribution in [3.8, 4) is 0 Å². The summed E-state index contributed by atoms with van der Waals surface area (Å²) in [6, 6.07) is 0.598. The summed E-state index contributed by atoms with van der Waals surface area (Å²) in [5.74, 6) is 0.809. The first kappa shape index (κ1) is 12.8. The second-order valence-corrected chi connectivity index (χ2v) is 5.74. The van der Waals surface area contributed by atoms with Crippen LogP contribution in [0, 0.1) is 5.92 Å². The molecule has 0 aliphatic carbocycles. The average Bonchev–Trinajstić information content (AvgIpc) is 2.74. The molecule has 1 N–H and O–H groups in total. The van der Waals surface area contributed by atoms with Crippen molar-refractivity contribution in [1.82, 2.24) is 15.1 Å². The van der Waals surface area contributed by atoms with E-state index in [9.17, 15) is 4.79 Å². The van der Waals surface area contributed by atoms with Gasteiger partial charge in [0.25, 0.3) is 0 Å². The normalized spacial score (nSPS) is 34.4. The van der Waals surface area contributed by atoms with Crippen LogP contribution < -0.4 is 5.32 Å². The molecule has 17 heavy (non-hydrogen) atoms. The van der Waals surface area contributed by atoms with E-state index in [2.05, 4.69) is 36.1 Å². The van der Waals surface area contributed by atoms with Gasteiger partial charge in [0, 0.05) is 19.1 Å². The molecule has 2 aliphatic rings. The zero-order valence-corrected chi connectivity index (χ0v) is 11.3. The molecule has 2 saturated heterocycles. The fourth-order valence-corrected chi connectivity index (χ4v) is 2.94. The third kappa shape index (κ3) is 2.80. The number of nitrogens with zero attached hydrogens (tertiary/aromatic N) is 2. The van der Waals surface area contributed by atoms with Crippen LogP contribution in [0.1, 0.15) is 26.2 Å². The van der Waals surface area contributed by atoms with Crippen LogP contribution in [0.5, 0.6) is 0 Å². The van der Waals surface area contributed by atoms with Gasteiger partial charge in [0.15, 0.2) is 0 Å². The number of nitrogens with one attached hydrogen (secondary N) is 1. The second kappa shape index (κ2) is 5.36. The predicted molar refractivity (Wildman–Crippen MR) is 68.9 cm³/mol. The van der Waals surface area contributed by atoms with Crippen LogP contribution in [0.25, 0.3) is 0 Å². The molecule has 3 atom stereocenters. The minimum Gasteiger partial charge on any atom is -0.340 e. The molecule has 0 aromatic rings. The largest absolute Gasteiger partial charge is 0.340 e. The predicted octanol–water partition coefficient (Wildman–Crippen LogP) is 0.537. The highest BCUT2D eigenvalue weighted by molar-refractivity contribution is 5.82. The molecule has 0 bridgehead atoms. The van der Waals surface area contributed by atoms with Crippen molar-refractivity contribution < 1.29 is 4.79 Å². The van der Waals surface area contributed by atoms with Crippen molar-refractivity contribution >= 4 is 5.91 Å². The minimum absolute atomic E-state index is 0.0657. The van der Waals surface area contributed by atoms with Crippen molar-refractivity contribution in [2.75, 3.05) is 33.7 Å². The Balaban J connectivity index is 1.94. The van der Waals surface area contributed by atoms with E-state index in [0.29, 0.717) is 17.9 Å². The van der Waals surface area contributed by atoms with Crippen molar-refractivity contribution in [2.45, 2.75) is 38.3 Å². The lowest BCUT2D eigenvalue weighted by Crippen LogP contribution is -2.53. The fraction of sp³-hybridized carbons (Fsp3) is 0.923. The number of piperidine rings is 1. The van der Waals surface area contributed by atoms with E-state index in [-0.39, 0.29) is 6.04 Å². The van der Waals surface area contributed by atoms with E-state index in [1.54, 1.807) is 0 Å². The Bertz CT molecular complexity index is 280. The molecular weight excluding hydrogens is 214 g/mol. The summed E-state index contributed by atoms with van der Waals surface area (Å²) in [7, 11) is 4.21. The summed E-state index contributed by atoms with van der Waals surface area (Å²) in [5, 5.41) is 3.34. The first-order valence-electron chi connectivity index (χ1n) is 6.78. The molecule has 2 aliphatic heterocycles. The SMILES string of the molecule is CC1CCNC1C(=O)N1CCCC(N(C)C)C1. The van der Waals surface area contributed by atoms with Crippen molar-refractivity contribution in [2.24, 2.45) is 5.92 Å². The Morgan fingerprint density at radius 3 is 2.71 bits per heavy atom. The molecule has 0 spiro atoms. The summed E-state index contributed by atoms with van der Waals surface area (Å²) in [6.45, 7) is 5.00. The number of hydrogen-bond donors (Lipinski definition) is 1. The molecule has 1 amide bonds. The molecule has 4 nitrogen and oxygen atoms in total. The van der Waals surface area contributed by atoms with Gasteiger partial charge in [-0.2, -0.15) is 0 Å². The molecule has 2 heterocycles. The fourth-order valence-electron chi connectivity index (χ4n) is 2.94. The topological polar surface area (TPSA) is 35.6 Å². The number of carbonyl (C=O) groups excluding carboxylic acids is 1. The van der Waals surface area contributed by atoms with Gasteiger partial charge in [0.05, 0.1) is 6.04 Å². The van der Waals surface area contributed by atoms with E-state index in [0.717, 1.165) is 32.5 Å². The lowest BCUT2D eigenvalue weighted by molar-refractivity contribution is -0.135. The highest BCUT2D eigenvalue weighted by atomic mass is 16.2. The van der Waals surface area contributed by atoms with Crippen LogP contribution in [0.2, 0.25) is 0 Å². The zero-order valence-electron chi connectivity index (χ0n) is 11.3. The van der Waals surface area contributed by atoms with Crippen LogP contribution in [-0.2, 0) is 4.79 Å². The summed E-state index contributed by atoms with van der Waals surface area (Å²) in [5.41, 5.74) is 0. The Kier molecular flexibility index (Phi) is 4.05. The van der Waals surface area contributed by atoms with Crippen molar-refractivity contribution in [3.63, 3.8) is 0 Å². The highest BCUT2D eigenvalue weighted by Crippen LogP contribution is 2.20. The first-order valence-corrected chi connectivity index (χ1v) is 6.78. The average molecular weight is 239 g/mol. The molecule has 0 aromatic heterocycles. The van der Waals surface area contributed by atoms with Gasteiger partial charge in [-0.3, -0.25) is 4.79 Å². The molecule has 2 rings (SSSR count). The maximum Gasteiger partial charge on any atom is 0.240 e. The number of likely N-dealkylation sites (tertiary alicyclic amines) is 1. The Morgan fingerprint density at radius 1 is 1.35 bits per heavy atom. The highest BCUT2D eigenvalue weighted by Gasteiger charge is 2.34. The molecule has 4 heteroatoms. The molecule has 0 radical (unpaired) electrons. The van der Waals surface area contributed by atoms with Crippen LogP contribution in [0.4, 0.5) is 0 Å². The van der Waals surface area contributed by atoms with Gasteiger partial charge in [-0.1, -0.05) is 6.92 Å². The second-order valence-electron chi connectivity index (χ2n) is 5.74. The van der Waals surface area contributed by atoms with Gasteiger partial charge in [-0.25, -0.2) is 0 Å². The van der Waals surface area contributed by atoms with Gasteiger partial charge in [0.1, 0.15) is 0 Å². The van der Waals surface area contributed by atoms with Gasteiger partial charge in [0.2, 0.25) is 5.91 Å². The maximum absolute atomic E-state index is 12.4. The smallest absolute Gasteiger partial charge is 0.240 e. The van der Waals surface area contributed by atoms with E-state index in [1.807, 2.05) is 0 Å². The molecule has 0 saturated carbocycles. The van der Waals surface area contributed by atoms with Gasteiger partial charge in [-0.05, 0) is 45.8 Å². The molecule has 0 aromatic carbocycles. The third-order valence-electron chi connectivity index (χ3n) is 4.24. The molecule has 3 unspecified atom stereocenters. The number of likely N-dealkylation sites (N-methyl/N-ethyl adjacent to an activating group) is 1. The summed E-state index contributed by atoms with van der Waals surface area (Å²) < 4.78 is 0. The number of rotatable bonds is 2. The third-order valence-corrected chi connectivity index (χ3v) is 4.24. The summed E-state index contributed by atoms with van der Waals surface area (Å²) in [4.78, 5) is 16.7. The summed E-state index contributed by atoms with van der Waals surface area (Å²) >= 11 is 0. The first-order chi connectivity index (χ1) is 8.09.